The summed E-state index contributed by atoms with van der Waals surface area (Å²) in [5, 5.41) is 18.9. The van der Waals surface area contributed by atoms with Crippen LogP contribution in [0.3, 0.4) is 0 Å². The summed E-state index contributed by atoms with van der Waals surface area (Å²) in [5.74, 6) is -0.994. The van der Waals surface area contributed by atoms with Gasteiger partial charge in [-0.1, -0.05) is 5.21 Å². The van der Waals surface area contributed by atoms with Gasteiger partial charge in [-0.05, 0) is 13.8 Å². The van der Waals surface area contributed by atoms with Crippen LogP contribution < -0.4 is 5.32 Å². The van der Waals surface area contributed by atoms with Crippen LogP contribution >= 0.6 is 0 Å². The molecule has 0 spiro atoms. The predicted octanol–water partition coefficient (Wildman–Crippen LogP) is -0.317. The summed E-state index contributed by atoms with van der Waals surface area (Å²) in [4.78, 5) is 24.3. The molecule has 21 heavy (non-hydrogen) atoms. The first-order chi connectivity index (χ1) is 9.85. The molecule has 116 valence electrons. The predicted molar refractivity (Wildman–Crippen MR) is 71.5 cm³/mol. The largest absolute Gasteiger partial charge is 0.480 e. The lowest BCUT2D eigenvalue weighted by Crippen LogP contribution is -2.53. The highest BCUT2D eigenvalue weighted by Crippen LogP contribution is 2.16. The Morgan fingerprint density at radius 1 is 1.52 bits per heavy atom. The van der Waals surface area contributed by atoms with Crippen molar-refractivity contribution in [2.45, 2.75) is 32.5 Å². The van der Waals surface area contributed by atoms with Gasteiger partial charge in [-0.15, -0.1) is 5.10 Å². The highest BCUT2D eigenvalue weighted by molar-refractivity contribution is 5.74. The number of rotatable bonds is 4. The number of amides is 2. The Kier molecular flexibility index (Phi) is 4.41. The van der Waals surface area contributed by atoms with E-state index in [1.807, 2.05) is 13.8 Å². The first-order valence-electron chi connectivity index (χ1n) is 6.63. The van der Waals surface area contributed by atoms with Gasteiger partial charge < -0.3 is 20.1 Å². The maximum Gasteiger partial charge on any atom is 0.325 e. The zero-order valence-corrected chi connectivity index (χ0v) is 12.1. The monoisotopic (exact) mass is 297 g/mol. The molecule has 2 amide bonds. The Hall–Kier alpha value is -2.16. The molecule has 0 aliphatic carbocycles. The number of aromatic nitrogens is 3. The van der Waals surface area contributed by atoms with Gasteiger partial charge in [0.2, 0.25) is 0 Å². The maximum atomic E-state index is 12.1. The number of morpholine rings is 1. The lowest BCUT2D eigenvalue weighted by molar-refractivity contribution is -0.137. The Bertz CT molecular complexity index is 527. The van der Waals surface area contributed by atoms with Crippen molar-refractivity contribution in [2.24, 2.45) is 0 Å². The molecule has 9 heteroatoms. The van der Waals surface area contributed by atoms with Gasteiger partial charge >= 0.3 is 12.0 Å². The molecule has 0 saturated carbocycles. The molecule has 0 radical (unpaired) electrons. The van der Waals surface area contributed by atoms with E-state index in [-0.39, 0.29) is 24.7 Å². The number of hydrogen-bond acceptors (Lipinski definition) is 5. The normalized spacial score (nSPS) is 17.5. The summed E-state index contributed by atoms with van der Waals surface area (Å²) in [6.07, 6.45) is 1.50. The van der Waals surface area contributed by atoms with E-state index >= 15 is 0 Å². The molecule has 1 fully saturated rings. The summed E-state index contributed by atoms with van der Waals surface area (Å²) in [6, 6.07) is -0.195. The number of carbonyl (C=O) groups is 2. The number of carboxylic acids is 1. The second kappa shape index (κ2) is 6.08. The Labute approximate surface area is 121 Å². The molecule has 2 rings (SSSR count). The van der Waals surface area contributed by atoms with Crippen LogP contribution in [0.25, 0.3) is 0 Å². The van der Waals surface area contributed by atoms with Gasteiger partial charge in [-0.2, -0.15) is 0 Å². The van der Waals surface area contributed by atoms with Crippen LogP contribution in [0.15, 0.2) is 6.20 Å². The topological polar surface area (TPSA) is 110 Å². The molecule has 0 aromatic carbocycles. The third-order valence-electron chi connectivity index (χ3n) is 3.02. The van der Waals surface area contributed by atoms with Gasteiger partial charge in [-0.25, -0.2) is 9.48 Å². The fourth-order valence-electron chi connectivity index (χ4n) is 2.10. The summed E-state index contributed by atoms with van der Waals surface area (Å²) in [5.41, 5.74) is 0.164. The number of aliphatic carboxylic acids is 1. The van der Waals surface area contributed by atoms with Crippen LogP contribution in [-0.2, 0) is 22.6 Å². The van der Waals surface area contributed by atoms with Crippen molar-refractivity contribution in [3.05, 3.63) is 11.9 Å². The van der Waals surface area contributed by atoms with Crippen molar-refractivity contribution in [1.82, 2.24) is 25.2 Å². The molecule has 9 nitrogen and oxygen atoms in total. The maximum absolute atomic E-state index is 12.1. The molecule has 2 heterocycles. The van der Waals surface area contributed by atoms with Gasteiger partial charge in [0.15, 0.2) is 0 Å². The number of carboxylic acid groups (broad SMARTS) is 1. The summed E-state index contributed by atoms with van der Waals surface area (Å²) >= 11 is 0. The highest BCUT2D eigenvalue weighted by atomic mass is 16.5. The quantitative estimate of drug-likeness (QED) is 0.788. The van der Waals surface area contributed by atoms with Crippen LogP contribution in [0.4, 0.5) is 4.79 Å². The van der Waals surface area contributed by atoms with E-state index in [2.05, 4.69) is 15.6 Å². The molecule has 1 aromatic heterocycles. The molecular weight excluding hydrogens is 278 g/mol. The third-order valence-corrected chi connectivity index (χ3v) is 3.02. The summed E-state index contributed by atoms with van der Waals surface area (Å²) in [7, 11) is 0. The minimum atomic E-state index is -0.994. The average Bonchev–Trinajstić information content (AvgIpc) is 2.81. The number of hydrogen-bond donors (Lipinski definition) is 2. The van der Waals surface area contributed by atoms with Crippen LogP contribution in [0.5, 0.6) is 0 Å². The highest BCUT2D eigenvalue weighted by Gasteiger charge is 2.29. The summed E-state index contributed by atoms with van der Waals surface area (Å²) < 4.78 is 6.76. The third kappa shape index (κ3) is 4.42. The molecule has 1 aliphatic rings. The second-order valence-corrected chi connectivity index (χ2v) is 5.49. The fourth-order valence-corrected chi connectivity index (χ4v) is 2.10. The number of urea groups is 1. The van der Waals surface area contributed by atoms with Gasteiger partial charge in [0.05, 0.1) is 31.5 Å². The molecule has 0 unspecified atom stereocenters. The van der Waals surface area contributed by atoms with Gasteiger partial charge in [0.1, 0.15) is 12.2 Å². The molecule has 1 aliphatic heterocycles. The molecule has 1 saturated heterocycles. The lowest BCUT2D eigenvalue weighted by Gasteiger charge is -2.37. The van der Waals surface area contributed by atoms with E-state index in [0.29, 0.717) is 25.4 Å². The number of nitrogens with zero attached hydrogens (tertiary/aromatic N) is 4. The van der Waals surface area contributed by atoms with Crippen molar-refractivity contribution in [3.8, 4) is 0 Å². The van der Waals surface area contributed by atoms with Crippen molar-refractivity contribution < 1.29 is 19.4 Å². The number of ether oxygens (including phenoxy) is 1. The van der Waals surface area contributed by atoms with Gasteiger partial charge in [0, 0.05) is 6.54 Å². The van der Waals surface area contributed by atoms with Crippen LogP contribution in [-0.4, -0.2) is 62.3 Å². The Balaban J connectivity index is 1.83. The van der Waals surface area contributed by atoms with E-state index in [9.17, 15) is 9.59 Å². The molecule has 0 bridgehead atoms. The van der Waals surface area contributed by atoms with Gasteiger partial charge in [-0.3, -0.25) is 4.79 Å². The van der Waals surface area contributed by atoms with Crippen molar-refractivity contribution >= 4 is 12.0 Å². The molecule has 2 N–H and O–H groups in total. The van der Waals surface area contributed by atoms with Crippen molar-refractivity contribution in [2.75, 3.05) is 19.7 Å². The Morgan fingerprint density at radius 3 is 2.95 bits per heavy atom. The van der Waals surface area contributed by atoms with Crippen LogP contribution in [0, 0.1) is 0 Å². The van der Waals surface area contributed by atoms with E-state index in [1.165, 1.54) is 10.9 Å². The zero-order chi connectivity index (χ0) is 15.5. The molecule has 1 aromatic rings. The van der Waals surface area contributed by atoms with Crippen molar-refractivity contribution in [3.63, 3.8) is 0 Å². The lowest BCUT2D eigenvalue weighted by atomic mass is 10.1. The SMILES string of the molecule is CC1(C)CN(C(=O)NCc2cn(CC(=O)O)nn2)CCO1. The standard InChI is InChI=1S/C12H19N5O4/c1-12(2)8-16(3-4-21-12)11(20)13-5-9-6-17(15-14-9)7-10(18)19/h6H,3-5,7-8H2,1-2H3,(H,13,20)(H,18,19). The number of carbonyl (C=O) groups excluding carboxylic acids is 1. The number of nitrogens with one attached hydrogen (secondary N) is 1. The first kappa shape index (κ1) is 15.2. The van der Waals surface area contributed by atoms with Gasteiger partial charge in [0.25, 0.3) is 0 Å². The smallest absolute Gasteiger partial charge is 0.325 e. The molecular formula is C12H19N5O4. The van der Waals surface area contributed by atoms with Crippen molar-refractivity contribution in [1.29, 1.82) is 0 Å². The molecule has 0 atom stereocenters. The first-order valence-corrected chi connectivity index (χ1v) is 6.63. The zero-order valence-electron chi connectivity index (χ0n) is 12.1. The van der Waals surface area contributed by atoms with E-state index in [1.54, 1.807) is 4.90 Å². The van der Waals surface area contributed by atoms with E-state index in [0.717, 1.165) is 0 Å². The average molecular weight is 297 g/mol. The second-order valence-electron chi connectivity index (χ2n) is 5.49. The van der Waals surface area contributed by atoms with Crippen LogP contribution in [0.2, 0.25) is 0 Å². The van der Waals surface area contributed by atoms with Crippen LogP contribution in [0.1, 0.15) is 19.5 Å². The van der Waals surface area contributed by atoms with E-state index in [4.69, 9.17) is 9.84 Å². The minimum absolute atomic E-state index is 0.195. The summed E-state index contributed by atoms with van der Waals surface area (Å²) in [6.45, 7) is 5.39. The minimum Gasteiger partial charge on any atom is -0.480 e. The Morgan fingerprint density at radius 2 is 2.29 bits per heavy atom. The fraction of sp³-hybridized carbons (Fsp3) is 0.667. The van der Waals surface area contributed by atoms with E-state index < -0.39 is 5.97 Å².